The number of fused-ring (bicyclic) bond motifs is 1. The third-order valence-electron chi connectivity index (χ3n) is 4.19. The Morgan fingerprint density at radius 3 is 2.88 bits per heavy atom. The van der Waals surface area contributed by atoms with Crippen molar-refractivity contribution in [1.29, 1.82) is 0 Å². The maximum atomic E-state index is 5.64. The van der Waals surface area contributed by atoms with E-state index in [-0.39, 0.29) is 24.0 Å². The molecule has 0 radical (unpaired) electrons. The molecule has 1 aromatic carbocycles. The van der Waals surface area contributed by atoms with Crippen molar-refractivity contribution in [2.45, 2.75) is 25.8 Å². The number of hydrogen-bond donors (Lipinski definition) is 2. The molecule has 1 aliphatic carbocycles. The first-order valence-electron chi connectivity index (χ1n) is 8.71. The van der Waals surface area contributed by atoms with Gasteiger partial charge in [0.1, 0.15) is 0 Å². The molecule has 3 rings (SSSR count). The average Bonchev–Trinajstić information content (AvgIpc) is 3.45. The predicted molar refractivity (Wildman–Crippen MR) is 114 cm³/mol. The molecule has 6 heteroatoms. The summed E-state index contributed by atoms with van der Waals surface area (Å²) in [5, 5.41) is 7.84. The highest BCUT2D eigenvalue weighted by Gasteiger charge is 2.20. The van der Waals surface area contributed by atoms with Crippen LogP contribution >= 0.6 is 24.0 Å². The van der Waals surface area contributed by atoms with Gasteiger partial charge in [0, 0.05) is 44.9 Å². The Hall–Kier alpha value is -1.41. The Balaban J connectivity index is 0.00000225. The summed E-state index contributed by atoms with van der Waals surface area (Å²) in [6.07, 6.45) is 5.51. The Morgan fingerprint density at radius 2 is 2.08 bits per heavy atom. The maximum absolute atomic E-state index is 5.64. The molecule has 0 atom stereocenters. The van der Waals surface area contributed by atoms with Gasteiger partial charge in [0.2, 0.25) is 0 Å². The van der Waals surface area contributed by atoms with Crippen molar-refractivity contribution in [2.24, 2.45) is 10.9 Å². The van der Waals surface area contributed by atoms with E-state index < -0.39 is 0 Å². The SMILES string of the molecule is CN=C(NCCCOCC1CC1)NCc1cccc2cccnc12.I. The number of nitrogens with one attached hydrogen (secondary N) is 2. The molecule has 0 amide bonds. The van der Waals surface area contributed by atoms with Crippen LogP contribution in [-0.4, -0.2) is 37.7 Å². The molecular formula is C19H27IN4O. The predicted octanol–water partition coefficient (Wildman–Crippen LogP) is 3.33. The summed E-state index contributed by atoms with van der Waals surface area (Å²) in [5.41, 5.74) is 2.21. The van der Waals surface area contributed by atoms with E-state index in [2.05, 4.69) is 44.9 Å². The lowest BCUT2D eigenvalue weighted by molar-refractivity contribution is 0.123. The van der Waals surface area contributed by atoms with Crippen molar-refractivity contribution in [3.63, 3.8) is 0 Å². The van der Waals surface area contributed by atoms with Crippen LogP contribution in [-0.2, 0) is 11.3 Å². The lowest BCUT2D eigenvalue weighted by Gasteiger charge is -2.13. The van der Waals surface area contributed by atoms with E-state index >= 15 is 0 Å². The second-order valence-electron chi connectivity index (χ2n) is 6.22. The quantitative estimate of drug-likeness (QED) is 0.278. The zero-order valence-corrected chi connectivity index (χ0v) is 17.0. The van der Waals surface area contributed by atoms with Crippen molar-refractivity contribution < 1.29 is 4.74 Å². The van der Waals surface area contributed by atoms with E-state index in [0.717, 1.165) is 49.0 Å². The Labute approximate surface area is 166 Å². The number of nitrogens with zero attached hydrogens (tertiary/aromatic N) is 2. The summed E-state index contributed by atoms with van der Waals surface area (Å²) < 4.78 is 5.64. The number of halogens is 1. The molecular weight excluding hydrogens is 427 g/mol. The highest BCUT2D eigenvalue weighted by molar-refractivity contribution is 14.0. The number of guanidine groups is 1. The third-order valence-corrected chi connectivity index (χ3v) is 4.19. The summed E-state index contributed by atoms with van der Waals surface area (Å²) in [6, 6.07) is 10.3. The molecule has 1 fully saturated rings. The smallest absolute Gasteiger partial charge is 0.191 e. The normalized spacial score (nSPS) is 14.2. The summed E-state index contributed by atoms with van der Waals surface area (Å²) in [7, 11) is 1.79. The molecule has 25 heavy (non-hydrogen) atoms. The molecule has 1 saturated carbocycles. The summed E-state index contributed by atoms with van der Waals surface area (Å²) >= 11 is 0. The maximum Gasteiger partial charge on any atom is 0.191 e. The number of para-hydroxylation sites is 1. The van der Waals surface area contributed by atoms with Gasteiger partial charge < -0.3 is 15.4 Å². The van der Waals surface area contributed by atoms with Gasteiger partial charge in [-0.1, -0.05) is 24.3 Å². The van der Waals surface area contributed by atoms with Gasteiger partial charge in [-0.3, -0.25) is 9.98 Å². The number of aromatic nitrogens is 1. The van der Waals surface area contributed by atoms with E-state index in [9.17, 15) is 0 Å². The molecule has 2 aromatic rings. The minimum atomic E-state index is 0. The van der Waals surface area contributed by atoms with Gasteiger partial charge in [0.25, 0.3) is 0 Å². The molecule has 0 aliphatic heterocycles. The van der Waals surface area contributed by atoms with Gasteiger partial charge >= 0.3 is 0 Å². The number of rotatable bonds is 8. The zero-order chi connectivity index (χ0) is 16.6. The molecule has 0 bridgehead atoms. The van der Waals surface area contributed by atoms with Crippen LogP contribution in [0.3, 0.4) is 0 Å². The second kappa shape index (κ2) is 10.6. The van der Waals surface area contributed by atoms with Crippen LogP contribution in [0, 0.1) is 5.92 Å². The standard InChI is InChI=1S/C19H26N4O.HI/c1-20-19(22-11-4-12-24-14-15-8-9-15)23-13-17-6-2-5-16-7-3-10-21-18(16)17;/h2-3,5-7,10,15H,4,8-9,11-14H2,1H3,(H2,20,22,23);1H. The van der Waals surface area contributed by atoms with Crippen LogP contribution in [0.15, 0.2) is 41.5 Å². The van der Waals surface area contributed by atoms with Crippen LogP contribution in [0.2, 0.25) is 0 Å². The average molecular weight is 454 g/mol. The fourth-order valence-corrected chi connectivity index (χ4v) is 2.63. The van der Waals surface area contributed by atoms with Crippen LogP contribution in [0.1, 0.15) is 24.8 Å². The number of pyridine rings is 1. The van der Waals surface area contributed by atoms with E-state index in [4.69, 9.17) is 4.74 Å². The van der Waals surface area contributed by atoms with Gasteiger partial charge in [0.15, 0.2) is 5.96 Å². The van der Waals surface area contributed by atoms with E-state index in [0.29, 0.717) is 6.54 Å². The van der Waals surface area contributed by atoms with Crippen molar-refractivity contribution in [1.82, 2.24) is 15.6 Å². The molecule has 0 unspecified atom stereocenters. The van der Waals surface area contributed by atoms with Crippen LogP contribution < -0.4 is 10.6 Å². The topological polar surface area (TPSA) is 58.5 Å². The number of aliphatic imine (C=N–C) groups is 1. The van der Waals surface area contributed by atoms with Crippen LogP contribution in [0.25, 0.3) is 10.9 Å². The molecule has 1 aromatic heterocycles. The lowest BCUT2D eigenvalue weighted by atomic mass is 10.1. The van der Waals surface area contributed by atoms with E-state index in [1.54, 1.807) is 7.05 Å². The van der Waals surface area contributed by atoms with Gasteiger partial charge in [-0.2, -0.15) is 0 Å². The van der Waals surface area contributed by atoms with Gasteiger partial charge in [-0.05, 0) is 36.8 Å². The van der Waals surface area contributed by atoms with Crippen molar-refractivity contribution in [3.8, 4) is 0 Å². The first kappa shape index (κ1) is 19.9. The summed E-state index contributed by atoms with van der Waals surface area (Å²) in [5.74, 6) is 1.65. The molecule has 2 N–H and O–H groups in total. The summed E-state index contributed by atoms with van der Waals surface area (Å²) in [4.78, 5) is 8.76. The van der Waals surface area contributed by atoms with E-state index in [1.807, 2.05) is 12.3 Å². The van der Waals surface area contributed by atoms with Crippen LogP contribution in [0.5, 0.6) is 0 Å². The monoisotopic (exact) mass is 454 g/mol. The Morgan fingerprint density at radius 1 is 1.24 bits per heavy atom. The zero-order valence-electron chi connectivity index (χ0n) is 14.7. The largest absolute Gasteiger partial charge is 0.381 e. The number of hydrogen-bond acceptors (Lipinski definition) is 3. The fraction of sp³-hybridized carbons (Fsp3) is 0.474. The Kier molecular flexibility index (Phi) is 8.40. The van der Waals surface area contributed by atoms with Gasteiger partial charge in [0.05, 0.1) is 5.52 Å². The molecule has 0 saturated heterocycles. The molecule has 1 heterocycles. The molecule has 136 valence electrons. The number of benzene rings is 1. The van der Waals surface area contributed by atoms with Gasteiger partial charge in [-0.25, -0.2) is 0 Å². The lowest BCUT2D eigenvalue weighted by Crippen LogP contribution is -2.37. The first-order chi connectivity index (χ1) is 11.9. The molecule has 5 nitrogen and oxygen atoms in total. The van der Waals surface area contributed by atoms with Crippen molar-refractivity contribution >= 4 is 40.8 Å². The minimum absolute atomic E-state index is 0. The van der Waals surface area contributed by atoms with Crippen molar-refractivity contribution in [3.05, 3.63) is 42.1 Å². The van der Waals surface area contributed by atoms with E-state index in [1.165, 1.54) is 18.4 Å². The van der Waals surface area contributed by atoms with Crippen molar-refractivity contribution in [2.75, 3.05) is 26.8 Å². The summed E-state index contributed by atoms with van der Waals surface area (Å²) in [6.45, 7) is 3.30. The first-order valence-corrected chi connectivity index (χ1v) is 8.71. The molecule has 0 spiro atoms. The van der Waals surface area contributed by atoms with Crippen LogP contribution in [0.4, 0.5) is 0 Å². The highest BCUT2D eigenvalue weighted by atomic mass is 127. The number of ether oxygens (including phenoxy) is 1. The molecule has 1 aliphatic rings. The minimum Gasteiger partial charge on any atom is -0.381 e. The fourth-order valence-electron chi connectivity index (χ4n) is 2.63. The Bertz CT molecular complexity index is 683. The van der Waals surface area contributed by atoms with Gasteiger partial charge in [-0.15, -0.1) is 24.0 Å². The second-order valence-corrected chi connectivity index (χ2v) is 6.22. The highest BCUT2D eigenvalue weighted by Crippen LogP contribution is 2.28. The third kappa shape index (κ3) is 6.43.